The van der Waals surface area contributed by atoms with Gasteiger partial charge in [0.25, 0.3) is 0 Å². The molecule has 5 heteroatoms. The molecule has 0 radical (unpaired) electrons. The van der Waals surface area contributed by atoms with E-state index in [1.165, 1.54) is 38.8 Å². The molecule has 1 aliphatic carbocycles. The third kappa shape index (κ3) is 5.48. The van der Waals surface area contributed by atoms with Crippen LogP contribution in [0.3, 0.4) is 0 Å². The van der Waals surface area contributed by atoms with Crippen LogP contribution in [0.15, 0.2) is 60.7 Å². The topological polar surface area (TPSA) is 38.7 Å². The lowest BCUT2D eigenvalue weighted by atomic mass is 9.80. The highest BCUT2D eigenvalue weighted by atomic mass is 79.9. The van der Waals surface area contributed by atoms with Crippen molar-refractivity contribution in [2.75, 3.05) is 39.4 Å². The summed E-state index contributed by atoms with van der Waals surface area (Å²) in [6.45, 7) is 5.72. The van der Waals surface area contributed by atoms with E-state index in [2.05, 4.69) is 12.1 Å². The second-order valence-electron chi connectivity index (χ2n) is 10.3. The van der Waals surface area contributed by atoms with Crippen LogP contribution in [0.1, 0.15) is 44.1 Å². The predicted octanol–water partition coefficient (Wildman–Crippen LogP) is 1.77. The van der Waals surface area contributed by atoms with Crippen LogP contribution in [0.25, 0.3) is 0 Å². The Bertz CT molecular complexity index is 850. The van der Waals surface area contributed by atoms with E-state index in [1.54, 1.807) is 0 Å². The highest BCUT2D eigenvalue weighted by molar-refractivity contribution is 5.24. The molecule has 1 saturated carbocycles. The van der Waals surface area contributed by atoms with Crippen LogP contribution in [-0.4, -0.2) is 55.1 Å². The second kappa shape index (κ2) is 10.9. The van der Waals surface area contributed by atoms with Crippen LogP contribution in [0.2, 0.25) is 0 Å². The summed E-state index contributed by atoms with van der Waals surface area (Å²) in [5, 5.41) is 11.9. The zero-order valence-corrected chi connectivity index (χ0v) is 21.2. The van der Waals surface area contributed by atoms with Gasteiger partial charge in [0.2, 0.25) is 0 Å². The Balaban J connectivity index is 0.00000259. The van der Waals surface area contributed by atoms with Gasteiger partial charge in [-0.2, -0.15) is 0 Å². The van der Waals surface area contributed by atoms with Crippen molar-refractivity contribution >= 4 is 0 Å². The molecule has 6 rings (SSSR count). The maximum absolute atomic E-state index is 11.9. The summed E-state index contributed by atoms with van der Waals surface area (Å²) in [4.78, 5) is 0. The highest BCUT2D eigenvalue weighted by Gasteiger charge is 2.48. The first-order chi connectivity index (χ1) is 15.7. The molecule has 0 unspecified atom stereocenters. The van der Waals surface area contributed by atoms with Gasteiger partial charge in [0.1, 0.15) is 37.2 Å². The average molecular weight is 517 g/mol. The Morgan fingerprint density at radius 1 is 0.879 bits per heavy atom. The van der Waals surface area contributed by atoms with Crippen LogP contribution in [0.5, 0.6) is 5.75 Å². The minimum atomic E-state index is -0.870. The van der Waals surface area contributed by atoms with E-state index in [0.717, 1.165) is 48.3 Å². The molecule has 3 aliphatic heterocycles. The third-order valence-electron chi connectivity index (χ3n) is 8.44. The van der Waals surface area contributed by atoms with Crippen molar-refractivity contribution in [2.24, 2.45) is 11.8 Å². The molecule has 180 valence electrons. The lowest BCUT2D eigenvalue weighted by molar-refractivity contribution is -0.946. The number of benzene rings is 2. The number of rotatable bonds is 9. The zero-order valence-electron chi connectivity index (χ0n) is 19.6. The normalized spacial score (nSPS) is 28.8. The van der Waals surface area contributed by atoms with E-state index in [4.69, 9.17) is 9.47 Å². The van der Waals surface area contributed by atoms with E-state index in [1.807, 2.05) is 48.5 Å². The third-order valence-corrected chi connectivity index (χ3v) is 8.44. The van der Waals surface area contributed by atoms with Gasteiger partial charge in [-0.3, -0.25) is 0 Å². The van der Waals surface area contributed by atoms with Gasteiger partial charge in [-0.1, -0.05) is 61.4 Å². The standard InChI is InChI=1S/C28H38NO3.BrH/c30-28(25-11-7-8-12-25,24-9-3-1-4-10-24)22-32-27-21-29(17-15-23(27)16-18-29)19-20-31-26-13-5-2-6-14-26;/h1-6,9-10,13-14,23,25,27,30H,7-8,11-12,15-22H2;1H/q+1;/p-1/t23?,27-,28+,29?;/m1./s1. The number of quaternary nitrogens is 1. The second-order valence-corrected chi connectivity index (χ2v) is 10.3. The fraction of sp³-hybridized carbons (Fsp3) is 0.571. The summed E-state index contributed by atoms with van der Waals surface area (Å²) in [6.07, 6.45) is 7.32. The summed E-state index contributed by atoms with van der Waals surface area (Å²) in [5.74, 6) is 1.89. The molecular weight excluding hydrogens is 478 g/mol. The van der Waals surface area contributed by atoms with Crippen molar-refractivity contribution < 1.29 is 36.0 Å². The summed E-state index contributed by atoms with van der Waals surface area (Å²) < 4.78 is 13.8. The number of para-hydroxylation sites is 1. The lowest BCUT2D eigenvalue weighted by Crippen LogP contribution is -3.00. The maximum Gasteiger partial charge on any atom is 0.137 e. The summed E-state index contributed by atoms with van der Waals surface area (Å²) in [5.41, 5.74) is 0.152. The first kappa shape index (κ1) is 24.7. The van der Waals surface area contributed by atoms with Crippen LogP contribution in [0, 0.1) is 11.8 Å². The van der Waals surface area contributed by atoms with Crippen LogP contribution >= 0.6 is 0 Å². The van der Waals surface area contributed by atoms with Crippen molar-refractivity contribution in [3.05, 3.63) is 66.2 Å². The average Bonchev–Trinajstić information content (AvgIpc) is 3.40. The molecule has 1 N–H and O–H groups in total. The predicted molar refractivity (Wildman–Crippen MR) is 126 cm³/mol. The lowest BCUT2D eigenvalue weighted by Gasteiger charge is -2.52. The molecule has 2 aromatic rings. The number of aliphatic hydroxyl groups is 1. The van der Waals surface area contributed by atoms with Crippen LogP contribution in [-0.2, 0) is 10.3 Å². The minimum absolute atomic E-state index is 0. The molecule has 2 atom stereocenters. The Morgan fingerprint density at radius 3 is 2.18 bits per heavy atom. The van der Waals surface area contributed by atoms with Gasteiger partial charge < -0.3 is 36.0 Å². The fourth-order valence-electron chi connectivity index (χ4n) is 6.40. The molecule has 0 amide bonds. The molecule has 3 saturated heterocycles. The number of fused-ring (bicyclic) bond motifs is 3. The van der Waals surface area contributed by atoms with Crippen molar-refractivity contribution in [3.63, 3.8) is 0 Å². The molecule has 2 aromatic carbocycles. The van der Waals surface area contributed by atoms with Crippen molar-refractivity contribution in [3.8, 4) is 5.75 Å². The maximum atomic E-state index is 11.9. The van der Waals surface area contributed by atoms with Gasteiger partial charge >= 0.3 is 0 Å². The quantitative estimate of drug-likeness (QED) is 0.517. The first-order valence-corrected chi connectivity index (χ1v) is 12.6. The van der Waals surface area contributed by atoms with Crippen LogP contribution in [0.4, 0.5) is 0 Å². The summed E-state index contributed by atoms with van der Waals surface area (Å²) >= 11 is 0. The number of piperidine rings is 3. The van der Waals surface area contributed by atoms with Gasteiger partial charge in [0.05, 0.1) is 19.7 Å². The smallest absolute Gasteiger partial charge is 0.137 e. The number of ether oxygens (including phenoxy) is 2. The van der Waals surface area contributed by atoms with Crippen LogP contribution < -0.4 is 21.7 Å². The number of hydrogen-bond donors (Lipinski definition) is 1. The molecule has 0 aromatic heterocycles. The molecule has 0 spiro atoms. The van der Waals surface area contributed by atoms with Crippen molar-refractivity contribution in [2.45, 2.75) is 50.2 Å². The minimum Gasteiger partial charge on any atom is -1.00 e. The molecule has 4 aliphatic rings. The van der Waals surface area contributed by atoms with Gasteiger partial charge in [-0.25, -0.2) is 0 Å². The Hall–Kier alpha value is -1.40. The summed E-state index contributed by atoms with van der Waals surface area (Å²) in [6, 6.07) is 20.4. The van der Waals surface area contributed by atoms with Gasteiger partial charge in [0, 0.05) is 18.8 Å². The summed E-state index contributed by atoms with van der Waals surface area (Å²) in [7, 11) is 0. The molecular formula is C28H38BrNO3. The van der Waals surface area contributed by atoms with Gasteiger partial charge in [-0.15, -0.1) is 0 Å². The van der Waals surface area contributed by atoms with Gasteiger partial charge in [-0.05, 0) is 36.5 Å². The zero-order chi connectivity index (χ0) is 21.9. The molecule has 4 fully saturated rings. The van der Waals surface area contributed by atoms with E-state index >= 15 is 0 Å². The molecule has 4 nitrogen and oxygen atoms in total. The number of halogens is 1. The van der Waals surface area contributed by atoms with E-state index in [-0.39, 0.29) is 23.1 Å². The Labute approximate surface area is 209 Å². The monoisotopic (exact) mass is 515 g/mol. The first-order valence-electron chi connectivity index (χ1n) is 12.6. The highest BCUT2D eigenvalue weighted by Crippen LogP contribution is 2.42. The van der Waals surface area contributed by atoms with E-state index < -0.39 is 5.60 Å². The Morgan fingerprint density at radius 2 is 1.52 bits per heavy atom. The number of nitrogens with zero attached hydrogens (tertiary/aromatic N) is 1. The van der Waals surface area contributed by atoms with Gasteiger partial charge in [0.15, 0.2) is 0 Å². The molecule has 33 heavy (non-hydrogen) atoms. The largest absolute Gasteiger partial charge is 1.00 e. The molecule has 3 heterocycles. The molecule has 2 bridgehead atoms. The Kier molecular flexibility index (Phi) is 8.16. The van der Waals surface area contributed by atoms with E-state index in [0.29, 0.717) is 18.4 Å². The SMILES string of the molecule is O[C@@](CO[C@@H]1C[N+]2(CCOc3ccccc3)CCC1CC2)(c1ccccc1)C1CCCC1.[Br-]. The fourth-order valence-corrected chi connectivity index (χ4v) is 6.40. The number of hydrogen-bond acceptors (Lipinski definition) is 3. The van der Waals surface area contributed by atoms with Crippen molar-refractivity contribution in [1.82, 2.24) is 0 Å². The van der Waals surface area contributed by atoms with Crippen molar-refractivity contribution in [1.29, 1.82) is 0 Å². The van der Waals surface area contributed by atoms with E-state index in [9.17, 15) is 5.11 Å².